The van der Waals surface area contributed by atoms with Crippen LogP contribution in [0.25, 0.3) is 0 Å². The molecule has 8 nitrogen and oxygen atoms in total. The summed E-state index contributed by atoms with van der Waals surface area (Å²) in [5, 5.41) is 10.5. The van der Waals surface area contributed by atoms with Crippen molar-refractivity contribution < 1.29 is 9.18 Å². The highest BCUT2D eigenvalue weighted by Gasteiger charge is 2.21. The number of aryl methyl sites for hydroxylation is 1. The van der Waals surface area contributed by atoms with Gasteiger partial charge in [-0.05, 0) is 30.3 Å². The van der Waals surface area contributed by atoms with Crippen molar-refractivity contribution in [1.29, 1.82) is 0 Å². The van der Waals surface area contributed by atoms with Gasteiger partial charge in [-0.25, -0.2) is 4.39 Å². The summed E-state index contributed by atoms with van der Waals surface area (Å²) in [5.41, 5.74) is 2.03. The van der Waals surface area contributed by atoms with Crippen LogP contribution in [0.15, 0.2) is 41.5 Å². The van der Waals surface area contributed by atoms with Gasteiger partial charge in [-0.15, -0.1) is 0 Å². The van der Waals surface area contributed by atoms with E-state index in [1.165, 1.54) is 12.1 Å². The Hall–Kier alpha value is -3.10. The fourth-order valence-corrected chi connectivity index (χ4v) is 3.28. The fraction of sp³-hybridized carbons (Fsp3) is 0.450. The SMILES string of the molecule is CN=C(NCCC(=O)N1CCN(c2ccc(F)cc2)CC1)NCc1ccnn1C. The minimum atomic E-state index is -0.236. The Morgan fingerprint density at radius 1 is 1.14 bits per heavy atom. The Bertz CT molecular complexity index is 826. The van der Waals surface area contributed by atoms with Crippen molar-refractivity contribution >= 4 is 17.6 Å². The van der Waals surface area contributed by atoms with Gasteiger partial charge in [-0.3, -0.25) is 14.5 Å². The first-order chi connectivity index (χ1) is 14.1. The van der Waals surface area contributed by atoms with Crippen LogP contribution in [0.5, 0.6) is 0 Å². The molecular weight excluding hydrogens is 373 g/mol. The van der Waals surface area contributed by atoms with Crippen molar-refractivity contribution in [3.05, 3.63) is 48.0 Å². The zero-order chi connectivity index (χ0) is 20.6. The third kappa shape index (κ3) is 5.69. The molecule has 0 radical (unpaired) electrons. The maximum absolute atomic E-state index is 13.1. The zero-order valence-electron chi connectivity index (χ0n) is 16.9. The third-order valence-electron chi connectivity index (χ3n) is 5.04. The lowest BCUT2D eigenvalue weighted by molar-refractivity contribution is -0.131. The number of anilines is 1. The van der Waals surface area contributed by atoms with Gasteiger partial charge in [-0.2, -0.15) is 5.10 Å². The second-order valence-electron chi connectivity index (χ2n) is 6.89. The van der Waals surface area contributed by atoms with E-state index in [1.807, 2.05) is 18.0 Å². The Labute approximate surface area is 170 Å². The second kappa shape index (κ2) is 9.90. The number of hydrogen-bond acceptors (Lipinski definition) is 4. The number of nitrogens with one attached hydrogen (secondary N) is 2. The van der Waals surface area contributed by atoms with Crippen molar-refractivity contribution in [2.45, 2.75) is 13.0 Å². The van der Waals surface area contributed by atoms with Gasteiger partial charge in [0.15, 0.2) is 5.96 Å². The van der Waals surface area contributed by atoms with E-state index in [2.05, 4.69) is 25.6 Å². The van der Waals surface area contributed by atoms with E-state index in [4.69, 9.17) is 0 Å². The molecule has 0 saturated carbocycles. The highest BCUT2D eigenvalue weighted by molar-refractivity contribution is 5.81. The van der Waals surface area contributed by atoms with Crippen LogP contribution < -0.4 is 15.5 Å². The standard InChI is InChI=1S/C20H28FN7O/c1-22-20(24-15-18-7-10-25-26(18)2)23-9-8-19(29)28-13-11-27(12-14-28)17-5-3-16(21)4-6-17/h3-7,10H,8-9,11-15H2,1-2H3,(H2,22,23,24). The number of carbonyl (C=O) groups is 1. The summed E-state index contributed by atoms with van der Waals surface area (Å²) in [6.45, 7) is 3.96. The number of benzene rings is 1. The number of guanidine groups is 1. The molecule has 1 aromatic carbocycles. The van der Waals surface area contributed by atoms with Crippen LogP contribution in [0.1, 0.15) is 12.1 Å². The molecule has 1 fully saturated rings. The summed E-state index contributed by atoms with van der Waals surface area (Å²) in [4.78, 5) is 20.7. The van der Waals surface area contributed by atoms with Crippen LogP contribution in [-0.2, 0) is 18.4 Å². The summed E-state index contributed by atoms with van der Waals surface area (Å²) in [6.07, 6.45) is 2.16. The second-order valence-corrected chi connectivity index (χ2v) is 6.89. The van der Waals surface area contributed by atoms with Gasteiger partial charge in [0.1, 0.15) is 5.82 Å². The maximum Gasteiger partial charge on any atom is 0.224 e. The van der Waals surface area contributed by atoms with Crippen LogP contribution in [0.4, 0.5) is 10.1 Å². The number of halogens is 1. The molecule has 2 heterocycles. The number of nitrogens with zero attached hydrogens (tertiary/aromatic N) is 5. The topological polar surface area (TPSA) is 77.8 Å². The molecule has 1 aromatic heterocycles. The molecule has 2 N–H and O–H groups in total. The largest absolute Gasteiger partial charge is 0.368 e. The quantitative estimate of drug-likeness (QED) is 0.557. The van der Waals surface area contributed by atoms with Crippen LogP contribution in [0, 0.1) is 5.82 Å². The summed E-state index contributed by atoms with van der Waals surface area (Å²) in [6, 6.07) is 8.43. The first-order valence-corrected chi connectivity index (χ1v) is 9.76. The first kappa shape index (κ1) is 20.6. The van der Waals surface area contributed by atoms with Gasteiger partial charge in [0.2, 0.25) is 5.91 Å². The van der Waals surface area contributed by atoms with E-state index >= 15 is 0 Å². The first-order valence-electron chi connectivity index (χ1n) is 9.76. The van der Waals surface area contributed by atoms with Crippen LogP contribution in [0.2, 0.25) is 0 Å². The van der Waals surface area contributed by atoms with Crippen LogP contribution in [0.3, 0.4) is 0 Å². The van der Waals surface area contributed by atoms with E-state index in [9.17, 15) is 9.18 Å². The number of hydrogen-bond donors (Lipinski definition) is 2. The Kier molecular flexibility index (Phi) is 7.04. The lowest BCUT2D eigenvalue weighted by Gasteiger charge is -2.36. The number of aliphatic imine (C=N–C) groups is 1. The van der Waals surface area contributed by atoms with Gasteiger partial charge in [0.25, 0.3) is 0 Å². The molecule has 0 unspecified atom stereocenters. The van der Waals surface area contributed by atoms with Gasteiger partial charge >= 0.3 is 0 Å². The van der Waals surface area contributed by atoms with Gasteiger partial charge in [-0.1, -0.05) is 0 Å². The number of aromatic nitrogens is 2. The molecule has 0 atom stereocenters. The minimum Gasteiger partial charge on any atom is -0.368 e. The zero-order valence-corrected chi connectivity index (χ0v) is 16.9. The molecule has 3 rings (SSSR count). The molecule has 1 amide bonds. The molecule has 0 aliphatic carbocycles. The minimum absolute atomic E-state index is 0.123. The number of carbonyl (C=O) groups excluding carboxylic acids is 1. The number of rotatable bonds is 6. The molecular formula is C20H28FN7O. The summed E-state index contributed by atoms with van der Waals surface area (Å²) >= 11 is 0. The van der Waals surface area contributed by atoms with Crippen molar-refractivity contribution in [3.63, 3.8) is 0 Å². The Balaban J connectivity index is 1.37. The predicted molar refractivity (Wildman–Crippen MR) is 111 cm³/mol. The average Bonchev–Trinajstić information content (AvgIpc) is 3.16. The van der Waals surface area contributed by atoms with Gasteiger partial charge in [0, 0.05) is 65.1 Å². The van der Waals surface area contributed by atoms with Crippen LogP contribution >= 0.6 is 0 Å². The van der Waals surface area contributed by atoms with Gasteiger partial charge in [0.05, 0.1) is 12.2 Å². The van der Waals surface area contributed by atoms with Crippen molar-refractivity contribution in [1.82, 2.24) is 25.3 Å². The smallest absolute Gasteiger partial charge is 0.224 e. The van der Waals surface area contributed by atoms with E-state index < -0.39 is 0 Å². The van der Waals surface area contributed by atoms with E-state index in [0.29, 0.717) is 38.6 Å². The molecule has 2 aromatic rings. The molecule has 1 aliphatic rings. The highest BCUT2D eigenvalue weighted by atomic mass is 19.1. The number of amides is 1. The van der Waals surface area contributed by atoms with E-state index in [0.717, 1.165) is 24.5 Å². The number of piperazine rings is 1. The molecule has 1 aliphatic heterocycles. The highest BCUT2D eigenvalue weighted by Crippen LogP contribution is 2.17. The predicted octanol–water partition coefficient (Wildman–Crippen LogP) is 0.963. The molecule has 9 heteroatoms. The molecule has 0 spiro atoms. The average molecular weight is 401 g/mol. The van der Waals surface area contributed by atoms with Crippen LogP contribution in [-0.4, -0.2) is 66.3 Å². The Morgan fingerprint density at radius 3 is 2.48 bits per heavy atom. The lowest BCUT2D eigenvalue weighted by Crippen LogP contribution is -2.49. The molecule has 29 heavy (non-hydrogen) atoms. The van der Waals surface area contributed by atoms with E-state index in [-0.39, 0.29) is 11.7 Å². The van der Waals surface area contributed by atoms with Crippen molar-refractivity contribution in [3.8, 4) is 0 Å². The molecule has 0 bridgehead atoms. The van der Waals surface area contributed by atoms with E-state index in [1.54, 1.807) is 30.1 Å². The molecule has 1 saturated heterocycles. The Morgan fingerprint density at radius 2 is 1.86 bits per heavy atom. The third-order valence-corrected chi connectivity index (χ3v) is 5.04. The molecule has 156 valence electrons. The maximum atomic E-state index is 13.1. The summed E-state index contributed by atoms with van der Waals surface area (Å²) in [5.74, 6) is 0.540. The summed E-state index contributed by atoms with van der Waals surface area (Å²) in [7, 11) is 3.59. The summed E-state index contributed by atoms with van der Waals surface area (Å²) < 4.78 is 14.9. The monoisotopic (exact) mass is 401 g/mol. The van der Waals surface area contributed by atoms with Gasteiger partial charge < -0.3 is 20.4 Å². The lowest BCUT2D eigenvalue weighted by atomic mass is 10.2. The van der Waals surface area contributed by atoms with Crippen molar-refractivity contribution in [2.75, 3.05) is 44.7 Å². The normalized spacial score (nSPS) is 14.8. The van der Waals surface area contributed by atoms with Crippen molar-refractivity contribution in [2.24, 2.45) is 12.0 Å². The fourth-order valence-electron chi connectivity index (χ4n) is 3.28.